The summed E-state index contributed by atoms with van der Waals surface area (Å²) in [6.07, 6.45) is 9.05. The molecule has 3 heteroatoms. The fraction of sp³-hybridized carbons (Fsp3) is 1.00. The van der Waals surface area contributed by atoms with Crippen molar-refractivity contribution in [1.82, 2.24) is 10.2 Å². The van der Waals surface area contributed by atoms with Crippen molar-refractivity contribution in [3.05, 3.63) is 0 Å². The van der Waals surface area contributed by atoms with E-state index in [0.717, 1.165) is 24.9 Å². The van der Waals surface area contributed by atoms with Gasteiger partial charge in [-0.15, -0.1) is 0 Å². The van der Waals surface area contributed by atoms with E-state index in [1.54, 1.807) is 0 Å². The molecule has 21 heavy (non-hydrogen) atoms. The van der Waals surface area contributed by atoms with E-state index in [4.69, 9.17) is 0 Å². The van der Waals surface area contributed by atoms with Crippen LogP contribution in [0.3, 0.4) is 0 Å². The molecule has 0 spiro atoms. The Morgan fingerprint density at radius 1 is 1.14 bits per heavy atom. The molecule has 0 bridgehead atoms. The van der Waals surface area contributed by atoms with Gasteiger partial charge in [-0.05, 0) is 70.5 Å². The van der Waals surface area contributed by atoms with E-state index >= 15 is 0 Å². The van der Waals surface area contributed by atoms with Crippen LogP contribution in [0.15, 0.2) is 0 Å². The Kier molecular flexibility index (Phi) is 6.97. The van der Waals surface area contributed by atoms with E-state index in [0.29, 0.717) is 12.0 Å². The van der Waals surface area contributed by atoms with E-state index in [2.05, 4.69) is 24.1 Å². The van der Waals surface area contributed by atoms with Gasteiger partial charge in [0.2, 0.25) is 0 Å². The summed E-state index contributed by atoms with van der Waals surface area (Å²) < 4.78 is 0. The Morgan fingerprint density at radius 2 is 1.86 bits per heavy atom. The third-order valence-corrected chi connectivity index (χ3v) is 5.45. The van der Waals surface area contributed by atoms with Crippen molar-refractivity contribution in [3.8, 4) is 0 Å². The number of likely N-dealkylation sites (tertiary alicyclic amines) is 1. The van der Waals surface area contributed by atoms with Gasteiger partial charge in [0.15, 0.2) is 0 Å². The third-order valence-electron chi connectivity index (χ3n) is 5.45. The zero-order valence-electron chi connectivity index (χ0n) is 14.4. The number of hydrogen-bond acceptors (Lipinski definition) is 3. The number of aliphatic hydroxyl groups is 1. The van der Waals surface area contributed by atoms with E-state index in [-0.39, 0.29) is 6.10 Å². The van der Waals surface area contributed by atoms with Gasteiger partial charge in [0.25, 0.3) is 0 Å². The van der Waals surface area contributed by atoms with Gasteiger partial charge in [0, 0.05) is 12.1 Å². The normalized spacial score (nSPS) is 32.0. The van der Waals surface area contributed by atoms with E-state index in [1.165, 1.54) is 51.6 Å². The molecule has 1 saturated carbocycles. The number of nitrogens with one attached hydrogen (secondary N) is 1. The van der Waals surface area contributed by atoms with Crippen LogP contribution in [0.2, 0.25) is 0 Å². The number of nitrogens with zero attached hydrogens (tertiary/aromatic N) is 1. The molecule has 0 aromatic carbocycles. The Morgan fingerprint density at radius 3 is 2.48 bits per heavy atom. The van der Waals surface area contributed by atoms with Crippen LogP contribution in [-0.4, -0.2) is 47.8 Å². The smallest absolute Gasteiger partial charge is 0.0515 e. The van der Waals surface area contributed by atoms with E-state index in [9.17, 15) is 5.11 Å². The predicted octanol–water partition coefficient (Wildman–Crippen LogP) is 3.03. The van der Waals surface area contributed by atoms with Gasteiger partial charge in [0.05, 0.1) is 6.10 Å². The minimum atomic E-state index is -0.170. The second-order valence-corrected chi connectivity index (χ2v) is 7.83. The molecule has 2 N–H and O–H groups in total. The summed E-state index contributed by atoms with van der Waals surface area (Å²) in [5.41, 5.74) is 0. The lowest BCUT2D eigenvalue weighted by molar-refractivity contribution is 0.0985. The van der Waals surface area contributed by atoms with Crippen molar-refractivity contribution >= 4 is 0 Å². The molecule has 4 atom stereocenters. The standard InChI is InChI=1S/C18H36N2O/c1-14-5-4-6-18(12-14)20-9-7-17(8-10-20)19-13-15(2)11-16(3)21/h14-19,21H,4-13H2,1-3H3. The molecule has 1 saturated heterocycles. The van der Waals surface area contributed by atoms with Crippen LogP contribution in [0.25, 0.3) is 0 Å². The van der Waals surface area contributed by atoms with Crippen molar-refractivity contribution in [2.75, 3.05) is 19.6 Å². The molecule has 2 rings (SSSR count). The monoisotopic (exact) mass is 296 g/mol. The van der Waals surface area contributed by atoms with Gasteiger partial charge in [-0.25, -0.2) is 0 Å². The van der Waals surface area contributed by atoms with Crippen LogP contribution in [0, 0.1) is 11.8 Å². The fourth-order valence-electron chi connectivity index (χ4n) is 4.24. The van der Waals surface area contributed by atoms with Crippen LogP contribution < -0.4 is 5.32 Å². The summed E-state index contributed by atoms with van der Waals surface area (Å²) >= 11 is 0. The van der Waals surface area contributed by atoms with Gasteiger partial charge >= 0.3 is 0 Å². The molecule has 1 aliphatic heterocycles. The molecular formula is C18H36N2O. The number of hydrogen-bond donors (Lipinski definition) is 2. The lowest BCUT2D eigenvalue weighted by Crippen LogP contribution is -2.48. The van der Waals surface area contributed by atoms with Crippen LogP contribution in [-0.2, 0) is 0 Å². The Balaban J connectivity index is 1.64. The van der Waals surface area contributed by atoms with Crippen molar-refractivity contribution in [2.24, 2.45) is 11.8 Å². The first-order valence-electron chi connectivity index (χ1n) is 9.20. The number of rotatable bonds is 6. The van der Waals surface area contributed by atoms with Crippen molar-refractivity contribution < 1.29 is 5.11 Å². The van der Waals surface area contributed by atoms with Crippen LogP contribution in [0.5, 0.6) is 0 Å². The topological polar surface area (TPSA) is 35.5 Å². The number of aliphatic hydroxyl groups excluding tert-OH is 1. The fourth-order valence-corrected chi connectivity index (χ4v) is 4.24. The number of piperidine rings is 1. The molecule has 1 aliphatic carbocycles. The highest BCUT2D eigenvalue weighted by Gasteiger charge is 2.28. The van der Waals surface area contributed by atoms with Gasteiger partial charge < -0.3 is 15.3 Å². The minimum absolute atomic E-state index is 0.170. The first-order valence-corrected chi connectivity index (χ1v) is 9.20. The third kappa shape index (κ3) is 5.88. The van der Waals surface area contributed by atoms with Crippen LogP contribution >= 0.6 is 0 Å². The molecule has 124 valence electrons. The molecular weight excluding hydrogens is 260 g/mol. The lowest BCUT2D eigenvalue weighted by atomic mass is 9.85. The second-order valence-electron chi connectivity index (χ2n) is 7.83. The largest absolute Gasteiger partial charge is 0.393 e. The van der Waals surface area contributed by atoms with E-state index in [1.807, 2.05) is 6.92 Å². The quantitative estimate of drug-likeness (QED) is 0.791. The van der Waals surface area contributed by atoms with Gasteiger partial charge in [-0.1, -0.05) is 26.7 Å². The first-order chi connectivity index (χ1) is 10.0. The highest BCUT2D eigenvalue weighted by molar-refractivity contribution is 4.85. The highest BCUT2D eigenvalue weighted by atomic mass is 16.3. The molecule has 2 fully saturated rings. The summed E-state index contributed by atoms with van der Waals surface area (Å²) in [7, 11) is 0. The molecule has 2 aliphatic rings. The van der Waals surface area contributed by atoms with Crippen molar-refractivity contribution in [1.29, 1.82) is 0 Å². The second kappa shape index (κ2) is 8.50. The average Bonchev–Trinajstić information content (AvgIpc) is 2.45. The van der Waals surface area contributed by atoms with Crippen LogP contribution in [0.4, 0.5) is 0 Å². The zero-order valence-corrected chi connectivity index (χ0v) is 14.4. The summed E-state index contributed by atoms with van der Waals surface area (Å²) in [4.78, 5) is 2.76. The maximum Gasteiger partial charge on any atom is 0.0515 e. The van der Waals surface area contributed by atoms with Crippen molar-refractivity contribution in [2.45, 2.75) is 83.9 Å². The predicted molar refractivity (Wildman–Crippen MR) is 89.5 cm³/mol. The molecule has 0 radical (unpaired) electrons. The first kappa shape index (κ1) is 17.2. The molecule has 1 heterocycles. The molecule has 0 amide bonds. The minimum Gasteiger partial charge on any atom is -0.393 e. The molecule has 0 aromatic heterocycles. The highest BCUT2D eigenvalue weighted by Crippen LogP contribution is 2.29. The maximum atomic E-state index is 9.43. The Labute approximate surface area is 131 Å². The summed E-state index contributed by atoms with van der Waals surface area (Å²) in [6, 6.07) is 1.56. The lowest BCUT2D eigenvalue weighted by Gasteiger charge is -2.41. The molecule has 3 nitrogen and oxygen atoms in total. The van der Waals surface area contributed by atoms with E-state index < -0.39 is 0 Å². The molecule has 4 unspecified atom stereocenters. The van der Waals surface area contributed by atoms with Crippen LogP contribution in [0.1, 0.15) is 65.7 Å². The van der Waals surface area contributed by atoms with Gasteiger partial charge in [0.1, 0.15) is 0 Å². The molecule has 0 aromatic rings. The maximum absolute atomic E-state index is 9.43. The Bertz CT molecular complexity index is 287. The average molecular weight is 296 g/mol. The summed E-state index contributed by atoms with van der Waals surface area (Å²) in [5.74, 6) is 1.50. The van der Waals surface area contributed by atoms with Gasteiger partial charge in [-0.3, -0.25) is 0 Å². The SMILES string of the molecule is CC(O)CC(C)CNC1CCN(C2CCCC(C)C2)CC1. The summed E-state index contributed by atoms with van der Waals surface area (Å²) in [5, 5.41) is 13.1. The summed E-state index contributed by atoms with van der Waals surface area (Å²) in [6.45, 7) is 10.2. The van der Waals surface area contributed by atoms with Gasteiger partial charge in [-0.2, -0.15) is 0 Å². The Hall–Kier alpha value is -0.120. The van der Waals surface area contributed by atoms with Crippen molar-refractivity contribution in [3.63, 3.8) is 0 Å². The zero-order chi connectivity index (χ0) is 15.2.